The molecule has 1 amide bonds. The quantitative estimate of drug-likeness (QED) is 0.909. The van der Waals surface area contributed by atoms with Crippen molar-refractivity contribution >= 4 is 17.2 Å². The first-order valence-electron chi connectivity index (χ1n) is 6.71. The molecule has 0 aliphatic carbocycles. The first-order chi connectivity index (χ1) is 8.68. The molecule has 1 N–H and O–H groups in total. The summed E-state index contributed by atoms with van der Waals surface area (Å²) < 4.78 is 0. The zero-order valence-electron chi connectivity index (χ0n) is 11.2. The molecule has 1 unspecified atom stereocenters. The third-order valence-electron chi connectivity index (χ3n) is 3.50. The average Bonchev–Trinajstić information content (AvgIpc) is 2.70. The highest BCUT2D eigenvalue weighted by Crippen LogP contribution is 2.17. The monoisotopic (exact) mass is 266 g/mol. The number of carbonyl (C=O) groups excluding carboxylic acids is 1. The van der Waals surface area contributed by atoms with E-state index in [9.17, 15) is 4.79 Å². The lowest BCUT2D eigenvalue weighted by molar-refractivity contribution is -0.133. The number of amides is 1. The second kappa shape index (κ2) is 6.34. The van der Waals surface area contributed by atoms with Gasteiger partial charge in [-0.2, -0.15) is 0 Å². The summed E-state index contributed by atoms with van der Waals surface area (Å²) in [6, 6.07) is 4.39. The maximum Gasteiger partial charge on any atom is 0.228 e. The van der Waals surface area contributed by atoms with E-state index in [1.807, 2.05) is 17.5 Å². The fourth-order valence-corrected chi connectivity index (χ4v) is 3.17. The van der Waals surface area contributed by atoms with Crippen LogP contribution in [-0.2, 0) is 11.2 Å². The van der Waals surface area contributed by atoms with Gasteiger partial charge in [0.1, 0.15) is 0 Å². The first kappa shape index (κ1) is 13.6. The molecule has 0 spiro atoms. The molecular formula is C14H22N2OS. The third-order valence-corrected chi connectivity index (χ3v) is 4.38. The van der Waals surface area contributed by atoms with Crippen molar-refractivity contribution in [2.45, 2.75) is 32.7 Å². The van der Waals surface area contributed by atoms with Crippen molar-refractivity contribution in [2.24, 2.45) is 5.92 Å². The number of rotatable bonds is 3. The Bertz CT molecular complexity index is 375. The van der Waals surface area contributed by atoms with Gasteiger partial charge in [0.05, 0.1) is 6.42 Å². The van der Waals surface area contributed by atoms with E-state index < -0.39 is 0 Å². The number of nitrogens with one attached hydrogen (secondary N) is 1. The maximum atomic E-state index is 12.4. The molecule has 1 atom stereocenters. The van der Waals surface area contributed by atoms with Crippen molar-refractivity contribution in [2.75, 3.05) is 19.6 Å². The maximum absolute atomic E-state index is 12.4. The van der Waals surface area contributed by atoms with Gasteiger partial charge in [-0.3, -0.25) is 4.79 Å². The Morgan fingerprint density at radius 3 is 3.11 bits per heavy atom. The number of carbonyl (C=O) groups is 1. The highest BCUT2D eigenvalue weighted by Gasteiger charge is 2.27. The minimum Gasteiger partial charge on any atom is -0.338 e. The second-order valence-electron chi connectivity index (χ2n) is 5.21. The van der Waals surface area contributed by atoms with Crippen LogP contribution in [0.1, 0.15) is 25.1 Å². The van der Waals surface area contributed by atoms with Crippen molar-refractivity contribution in [3.8, 4) is 0 Å². The summed E-state index contributed by atoms with van der Waals surface area (Å²) in [6.45, 7) is 7.23. The van der Waals surface area contributed by atoms with Gasteiger partial charge < -0.3 is 10.2 Å². The van der Waals surface area contributed by atoms with Gasteiger partial charge in [-0.1, -0.05) is 19.9 Å². The SMILES string of the molecule is CC(C)C1CNCCCN1C(=O)Cc1cccs1. The van der Waals surface area contributed by atoms with Gasteiger partial charge in [0, 0.05) is 24.0 Å². The normalized spacial score (nSPS) is 21.1. The van der Waals surface area contributed by atoms with Gasteiger partial charge in [-0.15, -0.1) is 11.3 Å². The molecule has 100 valence electrons. The average molecular weight is 266 g/mol. The lowest BCUT2D eigenvalue weighted by atomic mass is 10.0. The van der Waals surface area contributed by atoms with Gasteiger partial charge in [0.2, 0.25) is 5.91 Å². The molecule has 1 aromatic rings. The molecule has 0 radical (unpaired) electrons. The number of thiophene rings is 1. The van der Waals surface area contributed by atoms with Crippen LogP contribution in [-0.4, -0.2) is 36.5 Å². The van der Waals surface area contributed by atoms with Crippen molar-refractivity contribution < 1.29 is 4.79 Å². The van der Waals surface area contributed by atoms with Crippen LogP contribution in [0.4, 0.5) is 0 Å². The molecule has 18 heavy (non-hydrogen) atoms. The van der Waals surface area contributed by atoms with E-state index in [4.69, 9.17) is 0 Å². The Morgan fingerprint density at radius 2 is 2.44 bits per heavy atom. The Hall–Kier alpha value is -0.870. The zero-order chi connectivity index (χ0) is 13.0. The fourth-order valence-electron chi connectivity index (χ4n) is 2.47. The second-order valence-corrected chi connectivity index (χ2v) is 6.24. The summed E-state index contributed by atoms with van der Waals surface area (Å²) in [5.41, 5.74) is 0. The standard InChI is InChI=1S/C14H22N2OS/c1-11(2)13-10-15-6-4-7-16(13)14(17)9-12-5-3-8-18-12/h3,5,8,11,13,15H,4,6-7,9-10H2,1-2H3. The van der Waals surface area contributed by atoms with Crippen LogP contribution in [0.5, 0.6) is 0 Å². The lowest BCUT2D eigenvalue weighted by Gasteiger charge is -2.32. The Kier molecular flexibility index (Phi) is 4.78. The Labute approximate surface area is 113 Å². The van der Waals surface area contributed by atoms with Crippen LogP contribution in [0, 0.1) is 5.92 Å². The van der Waals surface area contributed by atoms with Gasteiger partial charge in [0.25, 0.3) is 0 Å². The molecule has 2 heterocycles. The fraction of sp³-hybridized carbons (Fsp3) is 0.643. The highest BCUT2D eigenvalue weighted by molar-refractivity contribution is 7.10. The smallest absolute Gasteiger partial charge is 0.228 e. The van der Waals surface area contributed by atoms with Crippen LogP contribution in [0.2, 0.25) is 0 Å². The van der Waals surface area contributed by atoms with Gasteiger partial charge in [-0.05, 0) is 30.3 Å². The summed E-state index contributed by atoms with van der Waals surface area (Å²) in [4.78, 5) is 15.7. The molecule has 1 aliphatic heterocycles. The summed E-state index contributed by atoms with van der Waals surface area (Å²) in [5.74, 6) is 0.780. The molecule has 0 bridgehead atoms. The van der Waals surface area contributed by atoms with Crippen LogP contribution >= 0.6 is 11.3 Å². The molecule has 0 aromatic carbocycles. The van der Waals surface area contributed by atoms with E-state index >= 15 is 0 Å². The summed E-state index contributed by atoms with van der Waals surface area (Å²) in [6.07, 6.45) is 1.61. The molecular weight excluding hydrogens is 244 g/mol. The predicted molar refractivity (Wildman–Crippen MR) is 75.8 cm³/mol. The van der Waals surface area contributed by atoms with Gasteiger partial charge >= 0.3 is 0 Å². The minimum atomic E-state index is 0.278. The predicted octanol–water partition coefficient (Wildman–Crippen LogP) is 2.14. The topological polar surface area (TPSA) is 32.3 Å². The molecule has 2 rings (SSSR count). The zero-order valence-corrected chi connectivity index (χ0v) is 12.0. The van der Waals surface area contributed by atoms with Gasteiger partial charge in [-0.25, -0.2) is 0 Å². The first-order valence-corrected chi connectivity index (χ1v) is 7.59. The number of hydrogen-bond donors (Lipinski definition) is 1. The number of nitrogens with zero attached hydrogens (tertiary/aromatic N) is 1. The molecule has 1 aromatic heterocycles. The van der Waals surface area contributed by atoms with Crippen LogP contribution in [0.15, 0.2) is 17.5 Å². The Balaban J connectivity index is 2.04. The largest absolute Gasteiger partial charge is 0.338 e. The minimum absolute atomic E-state index is 0.278. The van der Waals surface area contributed by atoms with E-state index in [0.29, 0.717) is 18.4 Å². The van der Waals surface area contributed by atoms with Crippen molar-refractivity contribution in [1.82, 2.24) is 10.2 Å². The van der Waals surface area contributed by atoms with E-state index in [-0.39, 0.29) is 5.91 Å². The van der Waals surface area contributed by atoms with Crippen LogP contribution in [0.25, 0.3) is 0 Å². The molecule has 1 fully saturated rings. The van der Waals surface area contributed by atoms with Crippen molar-refractivity contribution in [1.29, 1.82) is 0 Å². The van der Waals surface area contributed by atoms with Crippen LogP contribution < -0.4 is 5.32 Å². The van der Waals surface area contributed by atoms with Gasteiger partial charge in [0.15, 0.2) is 0 Å². The van der Waals surface area contributed by atoms with E-state index in [1.165, 1.54) is 4.88 Å². The van der Waals surface area contributed by atoms with Crippen LogP contribution in [0.3, 0.4) is 0 Å². The van der Waals surface area contributed by atoms with Crippen molar-refractivity contribution in [3.63, 3.8) is 0 Å². The molecule has 1 aliphatic rings. The number of hydrogen-bond acceptors (Lipinski definition) is 3. The molecule has 0 saturated carbocycles. The Morgan fingerprint density at radius 1 is 1.61 bits per heavy atom. The van der Waals surface area contributed by atoms with E-state index in [1.54, 1.807) is 11.3 Å². The third kappa shape index (κ3) is 3.33. The summed E-state index contributed by atoms with van der Waals surface area (Å²) in [5, 5.41) is 5.47. The van der Waals surface area contributed by atoms with E-state index in [2.05, 4.69) is 24.1 Å². The molecule has 4 heteroatoms. The molecule has 1 saturated heterocycles. The van der Waals surface area contributed by atoms with E-state index in [0.717, 1.165) is 26.1 Å². The van der Waals surface area contributed by atoms with Crippen molar-refractivity contribution in [3.05, 3.63) is 22.4 Å². The highest BCUT2D eigenvalue weighted by atomic mass is 32.1. The summed E-state index contributed by atoms with van der Waals surface area (Å²) in [7, 11) is 0. The lowest BCUT2D eigenvalue weighted by Crippen LogP contribution is -2.47. The molecule has 3 nitrogen and oxygen atoms in total. The summed E-state index contributed by atoms with van der Waals surface area (Å²) >= 11 is 1.67.